The maximum absolute atomic E-state index is 5.41. The zero-order chi connectivity index (χ0) is 19.1. The second kappa shape index (κ2) is 6.57. The third-order valence-corrected chi connectivity index (χ3v) is 5.30. The minimum Gasteiger partial charge on any atom is -0.497 e. The van der Waals surface area contributed by atoms with Gasteiger partial charge in [0.2, 0.25) is 0 Å². The molecule has 5 rings (SSSR count). The summed E-state index contributed by atoms with van der Waals surface area (Å²) in [4.78, 5) is 4.93. The Morgan fingerprint density at radius 3 is 2.64 bits per heavy atom. The van der Waals surface area contributed by atoms with Crippen molar-refractivity contribution in [2.75, 3.05) is 7.11 Å². The summed E-state index contributed by atoms with van der Waals surface area (Å²) in [7, 11) is 1.70. The minimum atomic E-state index is 0.757. The summed E-state index contributed by atoms with van der Waals surface area (Å²) in [5.74, 6) is 0.874. The van der Waals surface area contributed by atoms with Crippen molar-refractivity contribution >= 4 is 16.6 Å². The van der Waals surface area contributed by atoms with Gasteiger partial charge >= 0.3 is 0 Å². The number of aromatic nitrogens is 3. The molecule has 0 fully saturated rings. The predicted octanol–water partition coefficient (Wildman–Crippen LogP) is 5.32. The summed E-state index contributed by atoms with van der Waals surface area (Å²) in [6.45, 7) is 2.89. The average molecular weight is 367 g/mol. The van der Waals surface area contributed by atoms with Crippen LogP contribution in [0, 0.1) is 6.92 Å². The quantitative estimate of drug-likeness (QED) is 0.430. The molecule has 2 aromatic carbocycles. The standard InChI is InChI=1S/C24H21N3O/c1-17-24(25-23-12-5-6-13-26(17)23)22-15-19-9-3-4-11-21(19)27(22)16-18-8-7-10-20(14-18)28-2/h3-15H,16H2,1-2H3. The molecule has 5 aromatic rings. The molecule has 0 amide bonds. The van der Waals surface area contributed by atoms with Crippen LogP contribution >= 0.6 is 0 Å². The smallest absolute Gasteiger partial charge is 0.137 e. The first kappa shape index (κ1) is 16.6. The summed E-state index contributed by atoms with van der Waals surface area (Å²) >= 11 is 0. The lowest BCUT2D eigenvalue weighted by Crippen LogP contribution is -2.03. The highest BCUT2D eigenvalue weighted by atomic mass is 16.5. The number of fused-ring (bicyclic) bond motifs is 2. The summed E-state index contributed by atoms with van der Waals surface area (Å²) in [6, 6.07) is 25.1. The van der Waals surface area contributed by atoms with Crippen molar-refractivity contribution < 1.29 is 4.74 Å². The van der Waals surface area contributed by atoms with Gasteiger partial charge in [0.15, 0.2) is 0 Å². The largest absolute Gasteiger partial charge is 0.497 e. The van der Waals surface area contributed by atoms with E-state index in [1.54, 1.807) is 7.11 Å². The van der Waals surface area contributed by atoms with E-state index in [0.29, 0.717) is 0 Å². The Morgan fingerprint density at radius 1 is 0.929 bits per heavy atom. The van der Waals surface area contributed by atoms with Gasteiger partial charge in [-0.05, 0) is 48.9 Å². The molecule has 0 spiro atoms. The van der Waals surface area contributed by atoms with Crippen molar-refractivity contribution in [1.29, 1.82) is 0 Å². The normalized spacial score (nSPS) is 11.4. The molecule has 3 heterocycles. The fourth-order valence-corrected chi connectivity index (χ4v) is 3.89. The number of para-hydroxylation sites is 1. The number of nitrogens with zero attached hydrogens (tertiary/aromatic N) is 3. The van der Waals surface area contributed by atoms with Crippen molar-refractivity contribution in [3.8, 4) is 17.1 Å². The number of benzene rings is 2. The van der Waals surface area contributed by atoms with Crippen LogP contribution in [-0.4, -0.2) is 21.1 Å². The van der Waals surface area contributed by atoms with E-state index >= 15 is 0 Å². The molecule has 0 aliphatic heterocycles. The molecule has 0 unspecified atom stereocenters. The van der Waals surface area contributed by atoms with E-state index in [0.717, 1.165) is 35.0 Å². The van der Waals surface area contributed by atoms with Crippen LogP contribution in [0.25, 0.3) is 27.9 Å². The van der Waals surface area contributed by atoms with Crippen molar-refractivity contribution in [1.82, 2.24) is 14.0 Å². The molecule has 0 aliphatic rings. The molecule has 0 aliphatic carbocycles. The van der Waals surface area contributed by atoms with E-state index < -0.39 is 0 Å². The van der Waals surface area contributed by atoms with Gasteiger partial charge in [-0.15, -0.1) is 0 Å². The van der Waals surface area contributed by atoms with E-state index in [9.17, 15) is 0 Å². The minimum absolute atomic E-state index is 0.757. The number of aryl methyl sites for hydroxylation is 1. The number of pyridine rings is 1. The van der Waals surface area contributed by atoms with E-state index in [1.165, 1.54) is 16.5 Å². The Kier molecular flexibility index (Phi) is 3.90. The Morgan fingerprint density at radius 2 is 1.79 bits per heavy atom. The summed E-state index contributed by atoms with van der Waals surface area (Å²) in [5.41, 5.74) is 6.66. The Hall–Kier alpha value is -3.53. The van der Waals surface area contributed by atoms with Crippen LogP contribution in [0.2, 0.25) is 0 Å². The van der Waals surface area contributed by atoms with Crippen LogP contribution in [0.4, 0.5) is 0 Å². The molecule has 0 saturated heterocycles. The maximum Gasteiger partial charge on any atom is 0.137 e. The van der Waals surface area contributed by atoms with Crippen molar-refractivity contribution in [2.45, 2.75) is 13.5 Å². The zero-order valence-corrected chi connectivity index (χ0v) is 16.0. The molecule has 0 bridgehead atoms. The molecule has 4 heteroatoms. The first-order valence-electron chi connectivity index (χ1n) is 9.40. The van der Waals surface area contributed by atoms with Gasteiger partial charge in [-0.1, -0.05) is 36.4 Å². The predicted molar refractivity (Wildman–Crippen MR) is 113 cm³/mol. The zero-order valence-electron chi connectivity index (χ0n) is 16.0. The lowest BCUT2D eigenvalue weighted by atomic mass is 10.2. The molecular weight excluding hydrogens is 346 g/mol. The van der Waals surface area contributed by atoms with Gasteiger partial charge in [0.05, 0.1) is 12.8 Å². The van der Waals surface area contributed by atoms with Gasteiger partial charge in [0.1, 0.15) is 17.1 Å². The SMILES string of the molecule is COc1cccc(Cn2c(-c3nc4ccccn4c3C)cc3ccccc32)c1. The number of hydrogen-bond donors (Lipinski definition) is 0. The van der Waals surface area contributed by atoms with Crippen LogP contribution < -0.4 is 4.74 Å². The number of methoxy groups -OCH3 is 1. The summed E-state index contributed by atoms with van der Waals surface area (Å²) in [5, 5.41) is 1.22. The summed E-state index contributed by atoms with van der Waals surface area (Å²) in [6.07, 6.45) is 2.07. The van der Waals surface area contributed by atoms with Gasteiger partial charge in [0, 0.05) is 29.3 Å². The average Bonchev–Trinajstić information content (AvgIpc) is 3.26. The molecule has 0 atom stereocenters. The van der Waals surface area contributed by atoms with Crippen molar-refractivity contribution in [2.24, 2.45) is 0 Å². The van der Waals surface area contributed by atoms with Crippen LogP contribution in [0.1, 0.15) is 11.3 Å². The topological polar surface area (TPSA) is 31.5 Å². The Balaban J connectivity index is 1.72. The first-order valence-corrected chi connectivity index (χ1v) is 9.40. The van der Waals surface area contributed by atoms with Gasteiger partial charge in [-0.25, -0.2) is 4.98 Å². The maximum atomic E-state index is 5.41. The van der Waals surface area contributed by atoms with Gasteiger partial charge in [-0.2, -0.15) is 0 Å². The van der Waals surface area contributed by atoms with Crippen LogP contribution in [-0.2, 0) is 6.54 Å². The fourth-order valence-electron chi connectivity index (χ4n) is 3.89. The molecular formula is C24H21N3O. The lowest BCUT2D eigenvalue weighted by Gasteiger charge is -2.11. The highest BCUT2D eigenvalue weighted by molar-refractivity contribution is 5.87. The molecule has 4 nitrogen and oxygen atoms in total. The molecule has 0 saturated carbocycles. The molecule has 3 aromatic heterocycles. The van der Waals surface area contributed by atoms with E-state index in [1.807, 2.05) is 30.3 Å². The first-order chi connectivity index (χ1) is 13.7. The third-order valence-electron chi connectivity index (χ3n) is 5.30. The van der Waals surface area contributed by atoms with Crippen LogP contribution in [0.3, 0.4) is 0 Å². The van der Waals surface area contributed by atoms with Gasteiger partial charge in [-0.3, -0.25) is 0 Å². The van der Waals surface area contributed by atoms with Crippen molar-refractivity contribution in [3.05, 3.63) is 90.3 Å². The second-order valence-corrected chi connectivity index (χ2v) is 7.00. The number of imidazole rings is 1. The van der Waals surface area contributed by atoms with E-state index in [-0.39, 0.29) is 0 Å². The lowest BCUT2D eigenvalue weighted by molar-refractivity contribution is 0.414. The highest BCUT2D eigenvalue weighted by Gasteiger charge is 2.17. The monoisotopic (exact) mass is 367 g/mol. The highest BCUT2D eigenvalue weighted by Crippen LogP contribution is 2.31. The molecule has 0 radical (unpaired) electrons. The number of rotatable bonds is 4. The Labute approximate surface area is 163 Å². The van der Waals surface area contributed by atoms with Gasteiger partial charge < -0.3 is 13.7 Å². The van der Waals surface area contributed by atoms with Gasteiger partial charge in [0.25, 0.3) is 0 Å². The third kappa shape index (κ3) is 2.65. The summed E-state index contributed by atoms with van der Waals surface area (Å²) < 4.78 is 9.90. The van der Waals surface area contributed by atoms with Crippen LogP contribution in [0.15, 0.2) is 79.0 Å². The van der Waals surface area contributed by atoms with E-state index in [4.69, 9.17) is 9.72 Å². The Bertz CT molecular complexity index is 1300. The molecule has 138 valence electrons. The molecule has 28 heavy (non-hydrogen) atoms. The van der Waals surface area contributed by atoms with Crippen LogP contribution in [0.5, 0.6) is 5.75 Å². The fraction of sp³-hybridized carbons (Fsp3) is 0.125. The van der Waals surface area contributed by atoms with Crippen molar-refractivity contribution in [3.63, 3.8) is 0 Å². The number of hydrogen-bond acceptors (Lipinski definition) is 2. The van der Waals surface area contributed by atoms with E-state index in [2.05, 4.69) is 64.6 Å². The number of ether oxygens (including phenoxy) is 1. The second-order valence-electron chi connectivity index (χ2n) is 7.00. The molecule has 0 N–H and O–H groups in total.